The standard InChI is InChI=1S/C21H20FN3O2/c22-18-3-1-2-15(12-18)10-11-24-13-16-4-7-19(8-5-16)27-20-9-6-17(14-25-20)21(23)26/h1-9,12,14,24H,10-11,13H2,(H2,23,26). The quantitative estimate of drug-likeness (QED) is 0.600. The van der Waals surface area contributed by atoms with Crippen molar-refractivity contribution in [2.24, 2.45) is 5.73 Å². The molecule has 0 unspecified atom stereocenters. The van der Waals surface area contributed by atoms with E-state index in [0.29, 0.717) is 23.7 Å². The van der Waals surface area contributed by atoms with Gasteiger partial charge in [0, 0.05) is 18.8 Å². The summed E-state index contributed by atoms with van der Waals surface area (Å²) in [5.74, 6) is 0.309. The van der Waals surface area contributed by atoms with Gasteiger partial charge in [0.25, 0.3) is 0 Å². The van der Waals surface area contributed by atoms with Gasteiger partial charge in [-0.2, -0.15) is 0 Å². The molecule has 5 nitrogen and oxygen atoms in total. The first-order valence-electron chi connectivity index (χ1n) is 8.58. The fourth-order valence-electron chi connectivity index (χ4n) is 2.54. The second kappa shape index (κ2) is 8.91. The topological polar surface area (TPSA) is 77.2 Å². The monoisotopic (exact) mass is 365 g/mol. The number of halogens is 1. The highest BCUT2D eigenvalue weighted by Gasteiger charge is 2.03. The molecule has 1 heterocycles. The summed E-state index contributed by atoms with van der Waals surface area (Å²) in [6, 6.07) is 17.4. The third-order valence-electron chi connectivity index (χ3n) is 3.98. The molecule has 138 valence electrons. The van der Waals surface area contributed by atoms with E-state index in [-0.39, 0.29) is 5.82 Å². The van der Waals surface area contributed by atoms with Crippen molar-refractivity contribution in [2.75, 3.05) is 6.54 Å². The van der Waals surface area contributed by atoms with Gasteiger partial charge in [0.2, 0.25) is 11.8 Å². The number of primary amides is 1. The molecule has 3 aromatic rings. The lowest BCUT2D eigenvalue weighted by molar-refractivity contribution is 0.1000. The highest BCUT2D eigenvalue weighted by Crippen LogP contribution is 2.20. The van der Waals surface area contributed by atoms with Gasteiger partial charge in [0.1, 0.15) is 11.6 Å². The summed E-state index contributed by atoms with van der Waals surface area (Å²) >= 11 is 0. The van der Waals surface area contributed by atoms with Crippen LogP contribution in [0.5, 0.6) is 11.6 Å². The van der Waals surface area contributed by atoms with E-state index in [0.717, 1.165) is 24.1 Å². The first-order valence-corrected chi connectivity index (χ1v) is 8.58. The number of nitrogens with zero attached hydrogens (tertiary/aromatic N) is 1. The van der Waals surface area contributed by atoms with Crippen molar-refractivity contribution < 1.29 is 13.9 Å². The molecule has 0 aliphatic rings. The summed E-state index contributed by atoms with van der Waals surface area (Å²) < 4.78 is 18.8. The van der Waals surface area contributed by atoms with E-state index >= 15 is 0 Å². The molecule has 1 aromatic heterocycles. The van der Waals surface area contributed by atoms with Gasteiger partial charge < -0.3 is 15.8 Å². The summed E-state index contributed by atoms with van der Waals surface area (Å²) in [6.45, 7) is 1.47. The zero-order valence-electron chi connectivity index (χ0n) is 14.7. The molecule has 1 amide bonds. The number of aromatic nitrogens is 1. The van der Waals surface area contributed by atoms with Gasteiger partial charge in [0.15, 0.2) is 0 Å². The summed E-state index contributed by atoms with van der Waals surface area (Å²) in [5.41, 5.74) is 7.60. The summed E-state index contributed by atoms with van der Waals surface area (Å²) in [4.78, 5) is 15.1. The molecule has 0 saturated heterocycles. The number of nitrogens with one attached hydrogen (secondary N) is 1. The number of ether oxygens (including phenoxy) is 1. The molecule has 0 aliphatic carbocycles. The summed E-state index contributed by atoms with van der Waals surface area (Å²) in [7, 11) is 0. The molecule has 0 bridgehead atoms. The maximum atomic E-state index is 13.1. The lowest BCUT2D eigenvalue weighted by Gasteiger charge is -2.08. The summed E-state index contributed by atoms with van der Waals surface area (Å²) in [5, 5.41) is 3.34. The Balaban J connectivity index is 1.46. The number of rotatable bonds is 8. The Morgan fingerprint density at radius 2 is 1.89 bits per heavy atom. The minimum atomic E-state index is -0.525. The number of carbonyl (C=O) groups excluding carboxylic acids is 1. The number of hydrogen-bond acceptors (Lipinski definition) is 4. The minimum Gasteiger partial charge on any atom is -0.439 e. The van der Waals surface area contributed by atoms with Crippen LogP contribution in [0.3, 0.4) is 0 Å². The molecule has 3 rings (SSSR count). The van der Waals surface area contributed by atoms with Gasteiger partial charge in [0.05, 0.1) is 5.56 Å². The average Bonchev–Trinajstić information content (AvgIpc) is 2.67. The van der Waals surface area contributed by atoms with E-state index in [1.165, 1.54) is 12.3 Å². The molecule has 27 heavy (non-hydrogen) atoms. The Kier molecular flexibility index (Phi) is 6.12. The van der Waals surface area contributed by atoms with Crippen LogP contribution in [0.2, 0.25) is 0 Å². The molecular formula is C21H20FN3O2. The van der Waals surface area contributed by atoms with Gasteiger partial charge >= 0.3 is 0 Å². The molecule has 0 fully saturated rings. The molecule has 0 aliphatic heterocycles. The Labute approximate surface area is 157 Å². The molecule has 2 aromatic carbocycles. The number of nitrogens with two attached hydrogens (primary N) is 1. The normalized spacial score (nSPS) is 10.6. The fraction of sp³-hybridized carbons (Fsp3) is 0.143. The summed E-state index contributed by atoms with van der Waals surface area (Å²) in [6.07, 6.45) is 2.15. The maximum absolute atomic E-state index is 13.1. The third-order valence-corrected chi connectivity index (χ3v) is 3.98. The van der Waals surface area contributed by atoms with Crippen LogP contribution in [0.4, 0.5) is 4.39 Å². The van der Waals surface area contributed by atoms with Crippen LogP contribution in [-0.4, -0.2) is 17.4 Å². The van der Waals surface area contributed by atoms with Crippen molar-refractivity contribution in [2.45, 2.75) is 13.0 Å². The van der Waals surface area contributed by atoms with Crippen molar-refractivity contribution in [1.82, 2.24) is 10.3 Å². The smallest absolute Gasteiger partial charge is 0.250 e. The van der Waals surface area contributed by atoms with E-state index in [4.69, 9.17) is 10.5 Å². The van der Waals surface area contributed by atoms with Crippen LogP contribution in [0, 0.1) is 5.82 Å². The second-order valence-electron chi connectivity index (χ2n) is 6.05. The van der Waals surface area contributed by atoms with Gasteiger partial charge in [-0.15, -0.1) is 0 Å². The van der Waals surface area contributed by atoms with E-state index < -0.39 is 5.91 Å². The van der Waals surface area contributed by atoms with Crippen LogP contribution < -0.4 is 15.8 Å². The van der Waals surface area contributed by atoms with Crippen molar-refractivity contribution >= 4 is 5.91 Å². The van der Waals surface area contributed by atoms with E-state index in [1.807, 2.05) is 30.3 Å². The predicted molar refractivity (Wildman–Crippen MR) is 101 cm³/mol. The molecule has 6 heteroatoms. The first kappa shape index (κ1) is 18.5. The van der Waals surface area contributed by atoms with Crippen molar-refractivity contribution in [3.05, 3.63) is 89.4 Å². The largest absolute Gasteiger partial charge is 0.439 e. The van der Waals surface area contributed by atoms with Crippen molar-refractivity contribution in [1.29, 1.82) is 0 Å². The highest BCUT2D eigenvalue weighted by atomic mass is 19.1. The van der Waals surface area contributed by atoms with Gasteiger partial charge in [-0.3, -0.25) is 4.79 Å². The molecule has 0 atom stereocenters. The Morgan fingerprint density at radius 1 is 1.07 bits per heavy atom. The van der Waals surface area contributed by atoms with Crippen LogP contribution in [0.25, 0.3) is 0 Å². The van der Waals surface area contributed by atoms with Gasteiger partial charge in [-0.05, 0) is 54.4 Å². The fourth-order valence-corrected chi connectivity index (χ4v) is 2.54. The number of benzene rings is 2. The maximum Gasteiger partial charge on any atom is 0.250 e. The molecule has 0 radical (unpaired) electrons. The number of pyridine rings is 1. The molecule has 0 spiro atoms. The predicted octanol–water partition coefficient (Wildman–Crippen LogP) is 3.44. The Hall–Kier alpha value is -3.25. The zero-order chi connectivity index (χ0) is 19.1. The van der Waals surface area contributed by atoms with Crippen molar-refractivity contribution in [3.8, 4) is 11.6 Å². The Bertz CT molecular complexity index is 896. The van der Waals surface area contributed by atoms with E-state index in [2.05, 4.69) is 10.3 Å². The lowest BCUT2D eigenvalue weighted by atomic mass is 10.1. The zero-order valence-corrected chi connectivity index (χ0v) is 14.7. The van der Waals surface area contributed by atoms with Crippen LogP contribution in [0.1, 0.15) is 21.5 Å². The van der Waals surface area contributed by atoms with Gasteiger partial charge in [-0.1, -0.05) is 24.3 Å². The lowest BCUT2D eigenvalue weighted by Crippen LogP contribution is -2.16. The van der Waals surface area contributed by atoms with Crippen LogP contribution in [0.15, 0.2) is 66.9 Å². The first-order chi connectivity index (χ1) is 13.1. The Morgan fingerprint density at radius 3 is 2.56 bits per heavy atom. The number of amides is 1. The molecular weight excluding hydrogens is 345 g/mol. The van der Waals surface area contributed by atoms with E-state index in [9.17, 15) is 9.18 Å². The third kappa shape index (κ3) is 5.62. The minimum absolute atomic E-state index is 0.207. The average molecular weight is 365 g/mol. The highest BCUT2D eigenvalue weighted by molar-refractivity contribution is 5.92. The molecule has 0 saturated carbocycles. The van der Waals surface area contributed by atoms with Crippen molar-refractivity contribution in [3.63, 3.8) is 0 Å². The number of carbonyl (C=O) groups is 1. The SMILES string of the molecule is NC(=O)c1ccc(Oc2ccc(CNCCc3cccc(F)c3)cc2)nc1. The van der Waals surface area contributed by atoms with E-state index in [1.54, 1.807) is 24.3 Å². The van der Waals surface area contributed by atoms with Crippen LogP contribution in [-0.2, 0) is 13.0 Å². The van der Waals surface area contributed by atoms with Crippen LogP contribution >= 0.6 is 0 Å². The molecule has 3 N–H and O–H groups in total. The van der Waals surface area contributed by atoms with Gasteiger partial charge in [-0.25, -0.2) is 9.37 Å². The number of hydrogen-bond donors (Lipinski definition) is 2. The second-order valence-corrected chi connectivity index (χ2v) is 6.05.